The average Bonchev–Trinajstić information content (AvgIpc) is 2.58. The topological polar surface area (TPSA) is 90.3 Å². The lowest BCUT2D eigenvalue weighted by atomic mass is 10.2. The van der Waals surface area contributed by atoms with Crippen LogP contribution in [0, 0.1) is 11.3 Å². The molecule has 0 aliphatic rings. The van der Waals surface area contributed by atoms with Gasteiger partial charge in [-0.2, -0.15) is 5.26 Å². The third-order valence-corrected chi connectivity index (χ3v) is 4.76. The molecular weight excluding hydrogens is 362 g/mol. The van der Waals surface area contributed by atoms with Gasteiger partial charge in [0.25, 0.3) is 0 Å². The van der Waals surface area contributed by atoms with Crippen molar-refractivity contribution in [3.63, 3.8) is 0 Å². The van der Waals surface area contributed by atoms with Gasteiger partial charge in [-0.1, -0.05) is 35.9 Å². The van der Waals surface area contributed by atoms with Gasteiger partial charge in [0.2, 0.25) is 15.9 Å². The van der Waals surface area contributed by atoms with Gasteiger partial charge in [0.1, 0.15) is 12.6 Å². The fraction of sp³-hybridized carbons (Fsp3) is 0.176. The summed E-state index contributed by atoms with van der Waals surface area (Å²) in [5.41, 5.74) is 1.19. The first-order chi connectivity index (χ1) is 11.8. The molecule has 0 fully saturated rings. The van der Waals surface area contributed by atoms with Crippen LogP contribution >= 0.6 is 11.6 Å². The second-order valence-electron chi connectivity index (χ2n) is 5.30. The molecule has 0 heterocycles. The molecule has 0 aliphatic heterocycles. The van der Waals surface area contributed by atoms with E-state index in [-0.39, 0.29) is 17.8 Å². The Morgan fingerprint density at radius 2 is 1.84 bits per heavy atom. The summed E-state index contributed by atoms with van der Waals surface area (Å²) in [5, 5.41) is 12.4. The smallest absolute Gasteiger partial charge is 0.241 e. The Hall–Kier alpha value is -2.56. The van der Waals surface area contributed by atoms with E-state index in [1.54, 1.807) is 36.4 Å². The summed E-state index contributed by atoms with van der Waals surface area (Å²) in [6, 6.07) is 15.1. The van der Waals surface area contributed by atoms with Gasteiger partial charge in [-0.25, -0.2) is 8.42 Å². The second-order valence-corrected chi connectivity index (χ2v) is 7.65. The van der Waals surface area contributed by atoms with E-state index in [0.717, 1.165) is 16.1 Å². The number of nitrogens with one attached hydrogen (secondary N) is 1. The lowest BCUT2D eigenvalue weighted by molar-refractivity contribution is -0.119. The van der Waals surface area contributed by atoms with E-state index < -0.39 is 22.5 Å². The molecule has 8 heteroatoms. The minimum absolute atomic E-state index is 0.175. The summed E-state index contributed by atoms with van der Waals surface area (Å²) in [4.78, 5) is 12.2. The van der Waals surface area contributed by atoms with E-state index in [1.807, 2.05) is 6.07 Å². The third kappa shape index (κ3) is 5.21. The number of hydrogen-bond donors (Lipinski definition) is 1. The second kappa shape index (κ2) is 8.01. The van der Waals surface area contributed by atoms with Crippen molar-refractivity contribution < 1.29 is 13.2 Å². The quantitative estimate of drug-likeness (QED) is 0.836. The van der Waals surface area contributed by atoms with Crippen LogP contribution in [-0.2, 0) is 21.4 Å². The first kappa shape index (κ1) is 18.8. The van der Waals surface area contributed by atoms with Gasteiger partial charge in [0.05, 0.1) is 17.5 Å². The molecule has 0 atom stereocenters. The minimum atomic E-state index is -3.73. The summed E-state index contributed by atoms with van der Waals surface area (Å²) in [6.07, 6.45) is 0.994. The van der Waals surface area contributed by atoms with E-state index in [9.17, 15) is 13.2 Å². The number of rotatable bonds is 6. The van der Waals surface area contributed by atoms with Crippen molar-refractivity contribution in [3.05, 3.63) is 64.7 Å². The van der Waals surface area contributed by atoms with Gasteiger partial charge in [-0.15, -0.1) is 0 Å². The van der Waals surface area contributed by atoms with E-state index in [0.29, 0.717) is 5.02 Å². The van der Waals surface area contributed by atoms with Crippen LogP contribution in [0.5, 0.6) is 0 Å². The first-order valence-corrected chi connectivity index (χ1v) is 9.52. The molecular formula is C17H16ClN3O3S. The summed E-state index contributed by atoms with van der Waals surface area (Å²) in [6.45, 7) is -0.168. The van der Waals surface area contributed by atoms with Crippen molar-refractivity contribution in [1.82, 2.24) is 5.32 Å². The zero-order chi connectivity index (χ0) is 18.4. The summed E-state index contributed by atoms with van der Waals surface area (Å²) in [7, 11) is -3.73. The zero-order valence-corrected chi connectivity index (χ0v) is 15.0. The Morgan fingerprint density at radius 3 is 2.44 bits per heavy atom. The predicted molar refractivity (Wildman–Crippen MR) is 96.6 cm³/mol. The largest absolute Gasteiger partial charge is 0.350 e. The van der Waals surface area contributed by atoms with Crippen LogP contribution in [0.4, 0.5) is 5.69 Å². The SMILES string of the molecule is CS(=O)(=O)N(CC(=O)NCc1ccc(Cl)cc1)c1ccccc1C#N. The summed E-state index contributed by atoms with van der Waals surface area (Å²) in [5.74, 6) is -0.479. The third-order valence-electron chi connectivity index (χ3n) is 3.38. The molecule has 1 N–H and O–H groups in total. The number of amides is 1. The van der Waals surface area contributed by atoms with Gasteiger partial charge in [-0.3, -0.25) is 9.10 Å². The molecule has 2 aromatic rings. The van der Waals surface area contributed by atoms with Crippen molar-refractivity contribution >= 4 is 33.2 Å². The van der Waals surface area contributed by atoms with Gasteiger partial charge in [-0.05, 0) is 29.8 Å². The number of para-hydroxylation sites is 1. The van der Waals surface area contributed by atoms with Crippen LogP contribution in [0.2, 0.25) is 5.02 Å². The molecule has 2 aromatic carbocycles. The Balaban J connectivity index is 2.13. The van der Waals surface area contributed by atoms with Crippen LogP contribution in [0.1, 0.15) is 11.1 Å². The maximum atomic E-state index is 12.2. The zero-order valence-electron chi connectivity index (χ0n) is 13.4. The Labute approximate surface area is 151 Å². The lowest BCUT2D eigenvalue weighted by Gasteiger charge is -2.22. The number of carbonyl (C=O) groups is 1. The average molecular weight is 378 g/mol. The number of nitrogens with zero attached hydrogens (tertiary/aromatic N) is 2. The molecule has 0 bridgehead atoms. The van der Waals surface area contributed by atoms with Gasteiger partial charge < -0.3 is 5.32 Å². The Kier molecular flexibility index (Phi) is 6.02. The van der Waals surface area contributed by atoms with E-state index in [4.69, 9.17) is 16.9 Å². The van der Waals surface area contributed by atoms with Crippen molar-refractivity contribution in [2.75, 3.05) is 17.1 Å². The molecule has 0 unspecified atom stereocenters. The molecule has 0 spiro atoms. The normalized spacial score (nSPS) is 10.8. The van der Waals surface area contributed by atoms with Crippen LogP contribution in [-0.4, -0.2) is 27.1 Å². The highest BCUT2D eigenvalue weighted by atomic mass is 35.5. The maximum Gasteiger partial charge on any atom is 0.241 e. The van der Waals surface area contributed by atoms with E-state index in [2.05, 4.69) is 5.32 Å². The molecule has 0 aromatic heterocycles. The molecule has 0 aliphatic carbocycles. The Morgan fingerprint density at radius 1 is 1.20 bits per heavy atom. The Bertz CT molecular complexity index is 905. The fourth-order valence-corrected chi connectivity index (χ4v) is 3.15. The van der Waals surface area contributed by atoms with Crippen molar-refractivity contribution in [3.8, 4) is 6.07 Å². The number of hydrogen-bond acceptors (Lipinski definition) is 4. The molecule has 1 amide bonds. The fourth-order valence-electron chi connectivity index (χ4n) is 2.16. The van der Waals surface area contributed by atoms with Crippen molar-refractivity contribution in [1.29, 1.82) is 5.26 Å². The monoisotopic (exact) mass is 377 g/mol. The predicted octanol–water partition coefficient (Wildman–Crippen LogP) is 2.29. The summed E-state index contributed by atoms with van der Waals surface area (Å²) < 4.78 is 25.1. The summed E-state index contributed by atoms with van der Waals surface area (Å²) >= 11 is 5.80. The van der Waals surface area contributed by atoms with Gasteiger partial charge in [0.15, 0.2) is 0 Å². The molecule has 0 saturated carbocycles. The standard InChI is InChI=1S/C17H16ClN3O3S/c1-25(23,24)21(16-5-3-2-4-14(16)10-19)12-17(22)20-11-13-6-8-15(18)9-7-13/h2-9H,11-12H2,1H3,(H,20,22). The number of anilines is 1. The first-order valence-electron chi connectivity index (χ1n) is 7.29. The highest BCUT2D eigenvalue weighted by molar-refractivity contribution is 7.92. The van der Waals surface area contributed by atoms with Crippen LogP contribution < -0.4 is 9.62 Å². The molecule has 0 radical (unpaired) electrons. The number of benzene rings is 2. The lowest BCUT2D eigenvalue weighted by Crippen LogP contribution is -2.40. The minimum Gasteiger partial charge on any atom is -0.350 e. The van der Waals surface area contributed by atoms with Crippen LogP contribution in [0.3, 0.4) is 0 Å². The van der Waals surface area contributed by atoms with Crippen molar-refractivity contribution in [2.45, 2.75) is 6.54 Å². The molecule has 6 nitrogen and oxygen atoms in total. The molecule has 130 valence electrons. The van der Waals surface area contributed by atoms with Gasteiger partial charge in [0, 0.05) is 11.6 Å². The number of halogens is 1. The molecule has 25 heavy (non-hydrogen) atoms. The van der Waals surface area contributed by atoms with Gasteiger partial charge >= 0.3 is 0 Å². The number of carbonyl (C=O) groups excluding carboxylic acids is 1. The van der Waals surface area contributed by atoms with E-state index >= 15 is 0 Å². The highest BCUT2D eigenvalue weighted by Gasteiger charge is 2.23. The van der Waals surface area contributed by atoms with Crippen LogP contribution in [0.15, 0.2) is 48.5 Å². The number of nitriles is 1. The molecule has 2 rings (SSSR count). The molecule has 0 saturated heterocycles. The van der Waals surface area contributed by atoms with Crippen LogP contribution in [0.25, 0.3) is 0 Å². The maximum absolute atomic E-state index is 12.2. The van der Waals surface area contributed by atoms with Crippen molar-refractivity contribution in [2.24, 2.45) is 0 Å². The number of sulfonamides is 1. The highest BCUT2D eigenvalue weighted by Crippen LogP contribution is 2.21. The van der Waals surface area contributed by atoms with E-state index in [1.165, 1.54) is 12.1 Å².